The maximum Gasteiger partial charge on any atom is 0.118 e. The summed E-state index contributed by atoms with van der Waals surface area (Å²) in [7, 11) is 3.63. The number of ether oxygens (including phenoxy) is 1. The van der Waals surface area contributed by atoms with E-state index in [4.69, 9.17) is 4.74 Å². The molecule has 0 amide bonds. The van der Waals surface area contributed by atoms with Crippen LogP contribution < -0.4 is 4.74 Å². The molecule has 0 bridgehead atoms. The Kier molecular flexibility index (Phi) is 3.94. The SMILES string of the molecule is COc1ccc(C2CCCN2Cc2ccc3c(c2)nnn3C)cc1. The summed E-state index contributed by atoms with van der Waals surface area (Å²) in [6.45, 7) is 2.08. The molecule has 1 aliphatic heterocycles. The first-order valence-electron chi connectivity index (χ1n) is 8.41. The Hall–Kier alpha value is -2.40. The van der Waals surface area contributed by atoms with Crippen molar-refractivity contribution in [1.29, 1.82) is 0 Å². The summed E-state index contributed by atoms with van der Waals surface area (Å²) < 4.78 is 7.08. The molecule has 0 spiro atoms. The molecule has 0 radical (unpaired) electrons. The third kappa shape index (κ3) is 2.76. The second-order valence-electron chi connectivity index (χ2n) is 6.44. The van der Waals surface area contributed by atoms with E-state index in [9.17, 15) is 0 Å². The van der Waals surface area contributed by atoms with Crippen molar-refractivity contribution in [2.75, 3.05) is 13.7 Å². The van der Waals surface area contributed by atoms with Gasteiger partial charge in [-0.3, -0.25) is 4.90 Å². The minimum absolute atomic E-state index is 0.480. The van der Waals surface area contributed by atoms with E-state index in [1.807, 2.05) is 11.7 Å². The van der Waals surface area contributed by atoms with Crippen molar-refractivity contribution < 1.29 is 4.74 Å². The fourth-order valence-corrected chi connectivity index (χ4v) is 3.64. The number of fused-ring (bicyclic) bond motifs is 1. The number of benzene rings is 2. The fourth-order valence-electron chi connectivity index (χ4n) is 3.64. The molecule has 4 rings (SSSR count). The van der Waals surface area contributed by atoms with E-state index in [-0.39, 0.29) is 0 Å². The summed E-state index contributed by atoms with van der Waals surface area (Å²) in [5, 5.41) is 8.32. The molecule has 3 aromatic rings. The molecule has 0 N–H and O–H groups in total. The molecule has 124 valence electrons. The van der Waals surface area contributed by atoms with Crippen molar-refractivity contribution in [2.45, 2.75) is 25.4 Å². The van der Waals surface area contributed by atoms with E-state index >= 15 is 0 Å². The lowest BCUT2D eigenvalue weighted by atomic mass is 10.0. The molecule has 1 fully saturated rings. The molecule has 2 aromatic carbocycles. The normalized spacial score (nSPS) is 18.3. The topological polar surface area (TPSA) is 43.2 Å². The number of aryl methyl sites for hydroxylation is 1. The molecule has 1 aromatic heterocycles. The average molecular weight is 322 g/mol. The van der Waals surface area contributed by atoms with Gasteiger partial charge in [0, 0.05) is 19.6 Å². The predicted molar refractivity (Wildman–Crippen MR) is 93.9 cm³/mol. The van der Waals surface area contributed by atoms with Gasteiger partial charge in [-0.1, -0.05) is 23.4 Å². The lowest BCUT2D eigenvalue weighted by molar-refractivity contribution is 0.248. The van der Waals surface area contributed by atoms with Gasteiger partial charge in [0.25, 0.3) is 0 Å². The van der Waals surface area contributed by atoms with Gasteiger partial charge in [0.2, 0.25) is 0 Å². The maximum absolute atomic E-state index is 5.27. The molecule has 2 heterocycles. The number of hydrogen-bond acceptors (Lipinski definition) is 4. The number of methoxy groups -OCH3 is 1. The van der Waals surface area contributed by atoms with E-state index in [1.165, 1.54) is 24.0 Å². The monoisotopic (exact) mass is 322 g/mol. The Morgan fingerprint density at radius 2 is 2.00 bits per heavy atom. The summed E-state index contributed by atoms with van der Waals surface area (Å²) in [6.07, 6.45) is 2.45. The van der Waals surface area contributed by atoms with Gasteiger partial charge in [0.05, 0.1) is 12.6 Å². The zero-order chi connectivity index (χ0) is 16.5. The molecule has 5 heteroatoms. The van der Waals surface area contributed by atoms with Crippen molar-refractivity contribution in [3.63, 3.8) is 0 Å². The van der Waals surface area contributed by atoms with Crippen LogP contribution in [0.1, 0.15) is 30.0 Å². The zero-order valence-electron chi connectivity index (χ0n) is 14.1. The highest BCUT2D eigenvalue weighted by molar-refractivity contribution is 5.74. The molecule has 0 aliphatic carbocycles. The van der Waals surface area contributed by atoms with Gasteiger partial charge < -0.3 is 4.74 Å². The van der Waals surface area contributed by atoms with E-state index in [0.29, 0.717) is 6.04 Å². The van der Waals surface area contributed by atoms with Crippen LogP contribution in [0.5, 0.6) is 5.75 Å². The minimum Gasteiger partial charge on any atom is -0.497 e. The van der Waals surface area contributed by atoms with E-state index in [0.717, 1.165) is 29.9 Å². The zero-order valence-corrected chi connectivity index (χ0v) is 14.1. The second-order valence-corrected chi connectivity index (χ2v) is 6.44. The number of aromatic nitrogens is 3. The van der Waals surface area contributed by atoms with Gasteiger partial charge in [-0.05, 0) is 54.8 Å². The van der Waals surface area contributed by atoms with Crippen molar-refractivity contribution in [2.24, 2.45) is 7.05 Å². The van der Waals surface area contributed by atoms with Crippen molar-refractivity contribution in [3.8, 4) is 5.75 Å². The van der Waals surface area contributed by atoms with Gasteiger partial charge in [0.15, 0.2) is 0 Å². The number of nitrogens with zero attached hydrogens (tertiary/aromatic N) is 4. The third-order valence-electron chi connectivity index (χ3n) is 4.92. The quantitative estimate of drug-likeness (QED) is 0.739. The molecular weight excluding hydrogens is 300 g/mol. The van der Waals surface area contributed by atoms with Crippen LogP contribution >= 0.6 is 0 Å². The number of rotatable bonds is 4. The molecule has 5 nitrogen and oxygen atoms in total. The minimum atomic E-state index is 0.480. The summed E-state index contributed by atoms with van der Waals surface area (Å²) in [5.74, 6) is 0.913. The first-order chi connectivity index (χ1) is 11.7. The highest BCUT2D eigenvalue weighted by Gasteiger charge is 2.26. The standard InChI is InChI=1S/C19H22N4O/c1-22-19-10-5-14(12-17(19)20-21-22)13-23-11-3-4-18(23)15-6-8-16(24-2)9-7-15/h5-10,12,18H,3-4,11,13H2,1-2H3. The molecule has 1 unspecified atom stereocenters. The van der Waals surface area contributed by atoms with Crippen molar-refractivity contribution in [3.05, 3.63) is 53.6 Å². The first kappa shape index (κ1) is 15.1. The maximum atomic E-state index is 5.27. The second kappa shape index (κ2) is 6.24. The summed E-state index contributed by atoms with van der Waals surface area (Å²) in [6, 6.07) is 15.4. The van der Waals surface area contributed by atoms with Crippen molar-refractivity contribution in [1.82, 2.24) is 19.9 Å². The third-order valence-corrected chi connectivity index (χ3v) is 4.92. The van der Waals surface area contributed by atoms with Crippen LogP contribution in [0.4, 0.5) is 0 Å². The summed E-state index contributed by atoms with van der Waals surface area (Å²) in [4.78, 5) is 2.55. The van der Waals surface area contributed by atoms with Gasteiger partial charge in [0.1, 0.15) is 11.3 Å². The van der Waals surface area contributed by atoms with Gasteiger partial charge >= 0.3 is 0 Å². The number of hydrogen-bond donors (Lipinski definition) is 0. The molecule has 1 atom stereocenters. The average Bonchev–Trinajstić information content (AvgIpc) is 3.22. The van der Waals surface area contributed by atoms with Crippen LogP contribution in [-0.2, 0) is 13.6 Å². The van der Waals surface area contributed by atoms with E-state index < -0.39 is 0 Å². The molecule has 0 saturated carbocycles. The van der Waals surface area contributed by atoms with Crippen LogP contribution in [0.3, 0.4) is 0 Å². The van der Waals surface area contributed by atoms with E-state index in [1.54, 1.807) is 7.11 Å². The molecule has 1 aliphatic rings. The lowest BCUT2D eigenvalue weighted by Crippen LogP contribution is -2.22. The number of likely N-dealkylation sites (tertiary alicyclic amines) is 1. The van der Waals surface area contributed by atoms with Gasteiger partial charge in [-0.25, -0.2) is 4.68 Å². The van der Waals surface area contributed by atoms with Gasteiger partial charge in [-0.15, -0.1) is 5.10 Å². The Morgan fingerprint density at radius 1 is 1.17 bits per heavy atom. The predicted octanol–water partition coefficient (Wildman–Crippen LogP) is 3.31. The lowest BCUT2D eigenvalue weighted by Gasteiger charge is -2.25. The highest BCUT2D eigenvalue weighted by atomic mass is 16.5. The van der Waals surface area contributed by atoms with Crippen LogP contribution in [0.25, 0.3) is 11.0 Å². The summed E-state index contributed by atoms with van der Waals surface area (Å²) >= 11 is 0. The molecule has 1 saturated heterocycles. The van der Waals surface area contributed by atoms with E-state index in [2.05, 4.69) is 57.7 Å². The smallest absolute Gasteiger partial charge is 0.118 e. The molecular formula is C19H22N4O. The van der Waals surface area contributed by atoms with Crippen LogP contribution in [-0.4, -0.2) is 33.5 Å². The highest BCUT2D eigenvalue weighted by Crippen LogP contribution is 2.34. The van der Waals surface area contributed by atoms with Crippen LogP contribution in [0.15, 0.2) is 42.5 Å². The largest absolute Gasteiger partial charge is 0.497 e. The Bertz CT molecular complexity index is 840. The molecule has 24 heavy (non-hydrogen) atoms. The van der Waals surface area contributed by atoms with Crippen molar-refractivity contribution >= 4 is 11.0 Å². The Balaban J connectivity index is 1.55. The van der Waals surface area contributed by atoms with Crippen LogP contribution in [0.2, 0.25) is 0 Å². The first-order valence-corrected chi connectivity index (χ1v) is 8.41. The van der Waals surface area contributed by atoms with Crippen LogP contribution in [0, 0.1) is 0 Å². The Labute approximate surface area is 141 Å². The fraction of sp³-hybridized carbons (Fsp3) is 0.368. The van der Waals surface area contributed by atoms with Gasteiger partial charge in [-0.2, -0.15) is 0 Å². The summed E-state index contributed by atoms with van der Waals surface area (Å²) in [5.41, 5.74) is 4.71. The Morgan fingerprint density at radius 3 is 2.79 bits per heavy atom.